The van der Waals surface area contributed by atoms with Crippen LogP contribution in [0.1, 0.15) is 65.9 Å². The Balaban J connectivity index is 1.37. The van der Waals surface area contributed by atoms with Crippen LogP contribution in [-0.4, -0.2) is 46.3 Å². The maximum absolute atomic E-state index is 12.8. The summed E-state index contributed by atoms with van der Waals surface area (Å²) in [6, 6.07) is 1.88. The highest BCUT2D eigenvalue weighted by molar-refractivity contribution is 7.90. The standard InChI is InChI=1S/C24H30N6O4S2/c1-14-11-22(30(2)28-14)27-16-5-10-19(20(12-16)29-36(32,33)18-8-9-18)21-13-26-23(35-21)15-3-6-17(7-4-15)34-24(25)31/h5,10-13,15,17-19,29H,3-4,6-9H2,1-2H3,(H2,25,31). The first kappa shape index (κ1) is 24.7. The molecular formula is C24H30N6O4S2. The van der Waals surface area contributed by atoms with Crippen molar-refractivity contribution in [2.75, 3.05) is 0 Å². The molecule has 3 aliphatic carbocycles. The van der Waals surface area contributed by atoms with Gasteiger partial charge in [0.1, 0.15) is 6.10 Å². The SMILES string of the molecule is Cc1cc(N=C2C=CC(c3cnc(C4CCC(OC(N)=O)CC4)s3)C(NS(=O)(=O)C3CC3)=C2)n(C)n1. The summed E-state index contributed by atoms with van der Waals surface area (Å²) in [7, 11) is -1.62. The number of rotatable bonds is 7. The molecule has 2 aromatic heterocycles. The lowest BCUT2D eigenvalue weighted by atomic mass is 9.88. The van der Waals surface area contributed by atoms with Gasteiger partial charge in [0.25, 0.3) is 0 Å². The van der Waals surface area contributed by atoms with Gasteiger partial charge in [-0.1, -0.05) is 6.08 Å². The Morgan fingerprint density at radius 3 is 2.64 bits per heavy atom. The van der Waals surface area contributed by atoms with Crippen molar-refractivity contribution in [3.05, 3.63) is 51.8 Å². The minimum Gasteiger partial charge on any atom is -0.446 e. The zero-order chi connectivity index (χ0) is 25.4. The number of allylic oxidation sites excluding steroid dienone is 3. The summed E-state index contributed by atoms with van der Waals surface area (Å²) in [5.74, 6) is 0.721. The first-order valence-corrected chi connectivity index (χ1v) is 14.5. The van der Waals surface area contributed by atoms with E-state index in [1.165, 1.54) is 0 Å². The van der Waals surface area contributed by atoms with Crippen molar-refractivity contribution in [1.82, 2.24) is 19.5 Å². The third kappa shape index (κ3) is 5.54. The van der Waals surface area contributed by atoms with Gasteiger partial charge in [0.2, 0.25) is 10.0 Å². The third-order valence-corrected chi connectivity index (χ3v) is 9.81. The molecule has 1 atom stereocenters. The van der Waals surface area contributed by atoms with Gasteiger partial charge >= 0.3 is 6.09 Å². The van der Waals surface area contributed by atoms with Gasteiger partial charge in [-0.15, -0.1) is 11.3 Å². The molecule has 3 aliphatic rings. The Bertz CT molecular complexity index is 1340. The highest BCUT2D eigenvalue weighted by Gasteiger charge is 2.37. The van der Waals surface area contributed by atoms with Crippen LogP contribution < -0.4 is 10.5 Å². The molecule has 1 amide bonds. The molecule has 12 heteroatoms. The minimum absolute atomic E-state index is 0.133. The fourth-order valence-electron chi connectivity index (χ4n) is 4.69. The second kappa shape index (κ2) is 9.81. The minimum atomic E-state index is -3.45. The van der Waals surface area contributed by atoms with Gasteiger partial charge in [-0.05, 0) is 57.6 Å². The molecule has 5 rings (SSSR count). The summed E-state index contributed by atoms with van der Waals surface area (Å²) in [4.78, 5) is 21.4. The monoisotopic (exact) mass is 530 g/mol. The number of carbonyl (C=O) groups excluding carboxylic acids is 1. The van der Waals surface area contributed by atoms with Crippen molar-refractivity contribution in [2.45, 2.75) is 68.6 Å². The predicted molar refractivity (Wildman–Crippen MR) is 138 cm³/mol. The van der Waals surface area contributed by atoms with E-state index in [0.717, 1.165) is 41.3 Å². The summed E-state index contributed by atoms with van der Waals surface area (Å²) in [5, 5.41) is 5.02. The quantitative estimate of drug-likeness (QED) is 0.559. The molecule has 0 bridgehead atoms. The molecule has 36 heavy (non-hydrogen) atoms. The molecule has 0 radical (unpaired) electrons. The number of thiazole rings is 1. The topological polar surface area (TPSA) is 142 Å². The molecule has 1 unspecified atom stereocenters. The van der Waals surface area contributed by atoms with Crippen molar-refractivity contribution >= 4 is 39.0 Å². The van der Waals surface area contributed by atoms with E-state index in [2.05, 4.69) is 19.8 Å². The van der Waals surface area contributed by atoms with Gasteiger partial charge in [0.05, 0.1) is 27.6 Å². The molecule has 192 valence electrons. The molecular weight excluding hydrogens is 500 g/mol. The first-order chi connectivity index (χ1) is 17.2. The summed E-state index contributed by atoms with van der Waals surface area (Å²) in [5.41, 5.74) is 7.24. The highest BCUT2D eigenvalue weighted by Crippen LogP contribution is 2.40. The maximum Gasteiger partial charge on any atom is 0.404 e. The van der Waals surface area contributed by atoms with Crippen molar-refractivity contribution < 1.29 is 17.9 Å². The van der Waals surface area contributed by atoms with Crippen LogP contribution in [0.25, 0.3) is 0 Å². The van der Waals surface area contributed by atoms with Crippen molar-refractivity contribution in [1.29, 1.82) is 0 Å². The van der Waals surface area contributed by atoms with Crippen molar-refractivity contribution in [2.24, 2.45) is 17.8 Å². The van der Waals surface area contributed by atoms with Gasteiger partial charge < -0.3 is 10.5 Å². The average Bonchev–Trinajstić information content (AvgIpc) is 3.50. The summed E-state index contributed by atoms with van der Waals surface area (Å²) in [6.45, 7) is 1.90. The number of primary amides is 1. The molecule has 2 fully saturated rings. The van der Waals surface area contributed by atoms with Crippen LogP contribution in [0.15, 0.2) is 41.2 Å². The van der Waals surface area contributed by atoms with Crippen LogP contribution in [0.2, 0.25) is 0 Å². The highest BCUT2D eigenvalue weighted by atomic mass is 32.2. The predicted octanol–water partition coefficient (Wildman–Crippen LogP) is 3.70. The first-order valence-electron chi connectivity index (χ1n) is 12.1. The van der Waals surface area contributed by atoms with Gasteiger partial charge in [-0.3, -0.25) is 9.40 Å². The van der Waals surface area contributed by atoms with E-state index < -0.39 is 16.1 Å². The number of aromatic nitrogens is 3. The average molecular weight is 531 g/mol. The number of aliphatic imine (C=N–C) groups is 1. The van der Waals surface area contributed by atoms with E-state index in [0.29, 0.717) is 30.1 Å². The van der Waals surface area contributed by atoms with Crippen LogP contribution in [0.3, 0.4) is 0 Å². The van der Waals surface area contributed by atoms with E-state index in [1.807, 2.05) is 38.4 Å². The van der Waals surface area contributed by atoms with Crippen molar-refractivity contribution in [3.63, 3.8) is 0 Å². The lowest BCUT2D eigenvalue weighted by molar-refractivity contribution is 0.0787. The maximum atomic E-state index is 12.8. The Morgan fingerprint density at radius 2 is 2.00 bits per heavy atom. The van der Waals surface area contributed by atoms with E-state index in [4.69, 9.17) is 10.5 Å². The van der Waals surface area contributed by atoms with Gasteiger partial charge in [-0.2, -0.15) is 5.10 Å². The van der Waals surface area contributed by atoms with Crippen LogP contribution in [0.4, 0.5) is 10.6 Å². The van der Waals surface area contributed by atoms with Crippen LogP contribution >= 0.6 is 11.3 Å². The molecule has 2 heterocycles. The molecule has 3 N–H and O–H groups in total. The fraction of sp³-hybridized carbons (Fsp3) is 0.500. The fourth-order valence-corrected chi connectivity index (χ4v) is 7.32. The lowest BCUT2D eigenvalue weighted by Gasteiger charge is -2.26. The van der Waals surface area contributed by atoms with Crippen molar-refractivity contribution in [3.8, 4) is 0 Å². The molecule has 10 nitrogen and oxygen atoms in total. The smallest absolute Gasteiger partial charge is 0.404 e. The number of amides is 1. The Labute approximate surface area is 214 Å². The Hall–Kier alpha value is -2.99. The van der Waals surface area contributed by atoms with E-state index >= 15 is 0 Å². The Kier molecular flexibility index (Phi) is 6.73. The summed E-state index contributed by atoms with van der Waals surface area (Å²) in [6.07, 6.45) is 11.3. The largest absolute Gasteiger partial charge is 0.446 e. The van der Waals surface area contributed by atoms with Gasteiger partial charge in [0.15, 0.2) is 5.82 Å². The van der Waals surface area contributed by atoms with Crippen LogP contribution in [0, 0.1) is 6.92 Å². The Morgan fingerprint density at radius 1 is 1.25 bits per heavy atom. The number of hydrogen-bond donors (Lipinski definition) is 2. The zero-order valence-electron chi connectivity index (χ0n) is 20.3. The van der Waals surface area contributed by atoms with Crippen LogP contribution in [-0.2, 0) is 21.8 Å². The number of sulfonamides is 1. The van der Waals surface area contributed by atoms with E-state index in [9.17, 15) is 13.2 Å². The third-order valence-electron chi connectivity index (χ3n) is 6.70. The van der Waals surface area contributed by atoms with E-state index in [-0.39, 0.29) is 23.2 Å². The second-order valence-electron chi connectivity index (χ2n) is 9.60. The lowest BCUT2D eigenvalue weighted by Crippen LogP contribution is -2.30. The van der Waals surface area contributed by atoms with Gasteiger partial charge in [0, 0.05) is 35.8 Å². The number of hydrogen-bond acceptors (Lipinski definition) is 8. The summed E-state index contributed by atoms with van der Waals surface area (Å²) >= 11 is 1.60. The van der Waals surface area contributed by atoms with Crippen LogP contribution in [0.5, 0.6) is 0 Å². The van der Waals surface area contributed by atoms with E-state index in [1.54, 1.807) is 22.1 Å². The second-order valence-corrected chi connectivity index (χ2v) is 12.7. The number of carbonyl (C=O) groups is 1. The normalized spacial score (nSPS) is 25.6. The summed E-state index contributed by atoms with van der Waals surface area (Å²) < 4.78 is 35.4. The molecule has 0 spiro atoms. The number of nitrogens with one attached hydrogen (secondary N) is 1. The molecule has 0 saturated heterocycles. The number of nitrogens with two attached hydrogens (primary N) is 1. The number of ether oxygens (including phenoxy) is 1. The number of aryl methyl sites for hydroxylation is 2. The zero-order valence-corrected chi connectivity index (χ0v) is 21.9. The molecule has 0 aliphatic heterocycles. The van der Waals surface area contributed by atoms with Gasteiger partial charge in [-0.25, -0.2) is 23.2 Å². The number of nitrogens with zero attached hydrogens (tertiary/aromatic N) is 4. The molecule has 0 aromatic carbocycles. The molecule has 2 saturated carbocycles. The molecule has 2 aromatic rings.